The lowest BCUT2D eigenvalue weighted by Crippen LogP contribution is -2.24. The Bertz CT molecular complexity index is 950. The molecule has 3 aromatic rings. The van der Waals surface area contributed by atoms with E-state index in [0.717, 1.165) is 24.1 Å². The van der Waals surface area contributed by atoms with Crippen molar-refractivity contribution >= 4 is 17.5 Å². The van der Waals surface area contributed by atoms with E-state index in [4.69, 9.17) is 0 Å². The van der Waals surface area contributed by atoms with Crippen molar-refractivity contribution in [3.63, 3.8) is 0 Å². The van der Waals surface area contributed by atoms with Crippen LogP contribution >= 0.6 is 0 Å². The average molecular weight is 350 g/mol. The van der Waals surface area contributed by atoms with Gasteiger partial charge in [0, 0.05) is 32.3 Å². The number of carbonyl (C=O) groups is 2. The van der Waals surface area contributed by atoms with Gasteiger partial charge in [-0.25, -0.2) is 0 Å². The lowest BCUT2D eigenvalue weighted by molar-refractivity contribution is -0.128. The zero-order chi connectivity index (χ0) is 17.9. The molecule has 8 nitrogen and oxygen atoms in total. The second kappa shape index (κ2) is 6.91. The van der Waals surface area contributed by atoms with Gasteiger partial charge in [-0.1, -0.05) is 24.3 Å². The standard InChI is InChI=1S/C18H18N6O2/c25-16-4-2-9-23(16)12-14-7-5-13(6-8-14)11-19-18(26)15-3-1-10-24-17(15)20-21-22-24/h1,3,5-8,10H,2,4,9,11-12H2,(H,19,26). The molecule has 2 amide bonds. The van der Waals surface area contributed by atoms with Gasteiger partial charge in [-0.2, -0.15) is 4.52 Å². The number of carbonyl (C=O) groups excluding carboxylic acids is 2. The van der Waals surface area contributed by atoms with E-state index >= 15 is 0 Å². The minimum Gasteiger partial charge on any atom is -0.348 e. The largest absolute Gasteiger partial charge is 0.348 e. The molecule has 1 fully saturated rings. The number of nitrogens with zero attached hydrogens (tertiary/aromatic N) is 5. The van der Waals surface area contributed by atoms with E-state index in [0.29, 0.717) is 30.7 Å². The zero-order valence-corrected chi connectivity index (χ0v) is 14.1. The Labute approximate surface area is 149 Å². The topological polar surface area (TPSA) is 92.5 Å². The normalized spacial score (nSPS) is 14.2. The van der Waals surface area contributed by atoms with Crippen molar-refractivity contribution < 1.29 is 9.59 Å². The molecular weight excluding hydrogens is 332 g/mol. The number of aromatic nitrogens is 4. The van der Waals surface area contributed by atoms with Gasteiger partial charge in [-0.3, -0.25) is 9.59 Å². The summed E-state index contributed by atoms with van der Waals surface area (Å²) in [6, 6.07) is 11.3. The van der Waals surface area contributed by atoms with Gasteiger partial charge in [-0.05, 0) is 40.1 Å². The van der Waals surface area contributed by atoms with E-state index in [-0.39, 0.29) is 11.8 Å². The molecule has 1 aliphatic rings. The number of hydrogen-bond acceptors (Lipinski definition) is 5. The molecule has 1 saturated heterocycles. The van der Waals surface area contributed by atoms with Crippen molar-refractivity contribution in [1.82, 2.24) is 30.3 Å². The summed E-state index contributed by atoms with van der Waals surface area (Å²) in [5.41, 5.74) is 2.94. The Morgan fingerprint density at radius 3 is 2.73 bits per heavy atom. The molecule has 1 aliphatic heterocycles. The molecule has 0 aliphatic carbocycles. The third kappa shape index (κ3) is 3.26. The molecule has 0 spiro atoms. The van der Waals surface area contributed by atoms with Crippen molar-refractivity contribution in [1.29, 1.82) is 0 Å². The molecular formula is C18H18N6O2. The van der Waals surface area contributed by atoms with Crippen LogP contribution in [-0.4, -0.2) is 43.3 Å². The number of tetrazole rings is 1. The number of benzene rings is 1. The highest BCUT2D eigenvalue weighted by Gasteiger charge is 2.19. The number of nitrogens with one attached hydrogen (secondary N) is 1. The maximum absolute atomic E-state index is 12.4. The average Bonchev–Trinajstić information content (AvgIpc) is 3.30. The maximum atomic E-state index is 12.4. The third-order valence-electron chi connectivity index (χ3n) is 4.49. The SMILES string of the molecule is O=C(NCc1ccc(CN2CCCC2=O)cc1)c1cccn2nnnc12. The summed E-state index contributed by atoms with van der Waals surface area (Å²) < 4.78 is 1.46. The first-order valence-corrected chi connectivity index (χ1v) is 8.51. The van der Waals surface area contributed by atoms with Crippen LogP contribution in [0.1, 0.15) is 34.3 Å². The van der Waals surface area contributed by atoms with Gasteiger partial charge in [0.05, 0.1) is 5.56 Å². The first kappa shape index (κ1) is 16.2. The van der Waals surface area contributed by atoms with Gasteiger partial charge in [-0.15, -0.1) is 5.10 Å². The molecule has 3 heterocycles. The summed E-state index contributed by atoms with van der Waals surface area (Å²) in [5, 5.41) is 14.1. The second-order valence-corrected chi connectivity index (χ2v) is 6.29. The smallest absolute Gasteiger partial charge is 0.255 e. The predicted octanol–water partition coefficient (Wildman–Crippen LogP) is 1.18. The summed E-state index contributed by atoms with van der Waals surface area (Å²) in [5.74, 6) is -0.00405. The molecule has 0 bridgehead atoms. The van der Waals surface area contributed by atoms with Crippen LogP contribution in [0.15, 0.2) is 42.6 Å². The van der Waals surface area contributed by atoms with Gasteiger partial charge in [0.1, 0.15) is 0 Å². The minimum atomic E-state index is -0.225. The number of amides is 2. The van der Waals surface area contributed by atoms with E-state index in [1.54, 1.807) is 18.3 Å². The predicted molar refractivity (Wildman–Crippen MR) is 93.0 cm³/mol. The van der Waals surface area contributed by atoms with E-state index in [9.17, 15) is 9.59 Å². The van der Waals surface area contributed by atoms with Crippen molar-refractivity contribution in [3.8, 4) is 0 Å². The molecule has 26 heavy (non-hydrogen) atoms. The first-order valence-electron chi connectivity index (χ1n) is 8.51. The molecule has 0 unspecified atom stereocenters. The zero-order valence-electron chi connectivity index (χ0n) is 14.1. The van der Waals surface area contributed by atoms with Gasteiger partial charge in [0.25, 0.3) is 5.91 Å². The summed E-state index contributed by atoms with van der Waals surface area (Å²) >= 11 is 0. The fourth-order valence-electron chi connectivity index (χ4n) is 3.08. The third-order valence-corrected chi connectivity index (χ3v) is 4.49. The van der Waals surface area contributed by atoms with Crippen LogP contribution in [0, 0.1) is 0 Å². The number of likely N-dealkylation sites (tertiary alicyclic amines) is 1. The summed E-state index contributed by atoms with van der Waals surface area (Å²) in [4.78, 5) is 26.0. The van der Waals surface area contributed by atoms with Gasteiger partial charge >= 0.3 is 0 Å². The number of fused-ring (bicyclic) bond motifs is 1. The Kier molecular flexibility index (Phi) is 4.30. The molecule has 8 heteroatoms. The van der Waals surface area contributed by atoms with Crippen LogP contribution in [0.25, 0.3) is 5.65 Å². The van der Waals surface area contributed by atoms with Crippen LogP contribution in [0.5, 0.6) is 0 Å². The van der Waals surface area contributed by atoms with E-state index < -0.39 is 0 Å². The fourth-order valence-corrected chi connectivity index (χ4v) is 3.08. The number of pyridine rings is 1. The Morgan fingerprint density at radius 1 is 1.15 bits per heavy atom. The highest BCUT2D eigenvalue weighted by Crippen LogP contribution is 2.15. The van der Waals surface area contributed by atoms with Crippen LogP contribution in [0.4, 0.5) is 0 Å². The Balaban J connectivity index is 1.38. The molecule has 4 rings (SSSR count). The monoisotopic (exact) mass is 350 g/mol. The van der Waals surface area contributed by atoms with E-state index in [1.165, 1.54) is 4.52 Å². The van der Waals surface area contributed by atoms with Gasteiger partial charge < -0.3 is 10.2 Å². The minimum absolute atomic E-state index is 0.221. The van der Waals surface area contributed by atoms with Crippen LogP contribution in [-0.2, 0) is 17.9 Å². The first-order chi connectivity index (χ1) is 12.7. The summed E-state index contributed by atoms with van der Waals surface area (Å²) in [6.45, 7) is 1.89. The highest BCUT2D eigenvalue weighted by molar-refractivity contribution is 5.99. The Hall–Kier alpha value is -3.29. The van der Waals surface area contributed by atoms with Gasteiger partial charge in [0.2, 0.25) is 5.91 Å². The molecule has 1 aromatic carbocycles. The van der Waals surface area contributed by atoms with Crippen LogP contribution in [0.2, 0.25) is 0 Å². The van der Waals surface area contributed by atoms with Crippen LogP contribution in [0.3, 0.4) is 0 Å². The van der Waals surface area contributed by atoms with Crippen molar-refractivity contribution in [3.05, 3.63) is 59.3 Å². The van der Waals surface area contributed by atoms with Crippen molar-refractivity contribution in [2.24, 2.45) is 0 Å². The lowest BCUT2D eigenvalue weighted by Gasteiger charge is -2.15. The summed E-state index contributed by atoms with van der Waals surface area (Å²) in [7, 11) is 0. The number of rotatable bonds is 5. The van der Waals surface area contributed by atoms with E-state index in [1.807, 2.05) is 29.2 Å². The number of hydrogen-bond donors (Lipinski definition) is 1. The maximum Gasteiger partial charge on any atom is 0.255 e. The lowest BCUT2D eigenvalue weighted by atomic mass is 10.1. The molecule has 132 valence electrons. The van der Waals surface area contributed by atoms with Crippen LogP contribution < -0.4 is 5.32 Å². The second-order valence-electron chi connectivity index (χ2n) is 6.29. The molecule has 1 N–H and O–H groups in total. The van der Waals surface area contributed by atoms with E-state index in [2.05, 4.69) is 20.8 Å². The summed E-state index contributed by atoms with van der Waals surface area (Å²) in [6.07, 6.45) is 3.28. The molecule has 0 saturated carbocycles. The van der Waals surface area contributed by atoms with Crippen molar-refractivity contribution in [2.45, 2.75) is 25.9 Å². The van der Waals surface area contributed by atoms with Gasteiger partial charge in [0.15, 0.2) is 5.65 Å². The molecule has 0 radical (unpaired) electrons. The van der Waals surface area contributed by atoms with Crippen molar-refractivity contribution in [2.75, 3.05) is 6.54 Å². The fraction of sp³-hybridized carbons (Fsp3) is 0.278. The Morgan fingerprint density at radius 2 is 1.96 bits per heavy atom. The quantitative estimate of drug-likeness (QED) is 0.746. The molecule has 2 aromatic heterocycles. The highest BCUT2D eigenvalue weighted by atomic mass is 16.2. The molecule has 0 atom stereocenters.